The maximum Gasteiger partial charge on any atom is 0.332 e. The molecule has 0 spiro atoms. The molecule has 2 aromatic heterocycles. The Bertz CT molecular complexity index is 1250. The average Bonchev–Trinajstić information content (AvgIpc) is 3.13. The highest BCUT2D eigenvalue weighted by Crippen LogP contribution is 2.36. The van der Waals surface area contributed by atoms with Gasteiger partial charge in [0.2, 0.25) is 5.95 Å². The number of hydrogen-bond acceptors (Lipinski definition) is 6. The zero-order chi connectivity index (χ0) is 22.3. The molecule has 1 aromatic carbocycles. The Morgan fingerprint density at radius 3 is 2.71 bits per heavy atom. The molecule has 0 amide bonds. The van der Waals surface area contributed by atoms with E-state index in [1.807, 2.05) is 28.5 Å². The van der Waals surface area contributed by atoms with Gasteiger partial charge in [-0.1, -0.05) is 18.5 Å². The number of imidazole rings is 1. The Morgan fingerprint density at radius 1 is 1.26 bits per heavy atom. The predicted octanol–water partition coefficient (Wildman–Crippen LogP) is 2.38. The van der Waals surface area contributed by atoms with Crippen LogP contribution in [0.15, 0.2) is 27.8 Å². The summed E-state index contributed by atoms with van der Waals surface area (Å²) in [4.78, 5) is 32.8. The standard InChI is InChI=1S/C21H26ClN5O4/c1-5-31-9-8-25-19(28)17-18(24(3)21(25)29)23-20-26(11-13(2)12-27(17)20)14-6-7-16(30-4)15(22)10-14/h6-7,10,13H,5,8-9,11-12H2,1-4H3/t13-/m0/s1. The van der Waals surface area contributed by atoms with Gasteiger partial charge in [0.25, 0.3) is 5.56 Å². The number of nitrogens with zero attached hydrogens (tertiary/aromatic N) is 5. The van der Waals surface area contributed by atoms with Gasteiger partial charge in [-0.25, -0.2) is 4.79 Å². The van der Waals surface area contributed by atoms with Crippen molar-refractivity contribution in [3.63, 3.8) is 0 Å². The number of aromatic nitrogens is 4. The summed E-state index contributed by atoms with van der Waals surface area (Å²) in [6.45, 7) is 6.34. The number of halogens is 1. The fraction of sp³-hybridized carbons (Fsp3) is 0.476. The summed E-state index contributed by atoms with van der Waals surface area (Å²) in [6, 6.07) is 5.54. The van der Waals surface area contributed by atoms with Crippen molar-refractivity contribution in [2.24, 2.45) is 13.0 Å². The van der Waals surface area contributed by atoms with Crippen molar-refractivity contribution in [1.82, 2.24) is 18.7 Å². The van der Waals surface area contributed by atoms with Crippen molar-refractivity contribution < 1.29 is 9.47 Å². The molecule has 1 atom stereocenters. The third-order valence-corrected chi connectivity index (χ3v) is 5.85. The maximum atomic E-state index is 13.3. The highest BCUT2D eigenvalue weighted by Gasteiger charge is 2.30. The minimum Gasteiger partial charge on any atom is -0.495 e. The van der Waals surface area contributed by atoms with Crippen molar-refractivity contribution in [3.8, 4) is 5.75 Å². The molecule has 0 unspecified atom stereocenters. The Balaban J connectivity index is 1.90. The predicted molar refractivity (Wildman–Crippen MR) is 120 cm³/mol. The summed E-state index contributed by atoms with van der Waals surface area (Å²) in [5.41, 5.74) is 0.884. The number of aryl methyl sites for hydroxylation is 1. The number of methoxy groups -OCH3 is 1. The van der Waals surface area contributed by atoms with Gasteiger partial charge in [-0.3, -0.25) is 13.9 Å². The SMILES string of the molecule is CCOCCn1c(=O)c2c(nc3n2C[C@@H](C)CN3c2ccc(OC)c(Cl)c2)n(C)c1=O. The molecule has 10 heteroatoms. The van der Waals surface area contributed by atoms with E-state index in [1.165, 1.54) is 9.13 Å². The van der Waals surface area contributed by atoms with Crippen LogP contribution in [-0.2, 0) is 24.9 Å². The minimum absolute atomic E-state index is 0.198. The lowest BCUT2D eigenvalue weighted by Crippen LogP contribution is -2.41. The topological polar surface area (TPSA) is 83.5 Å². The lowest BCUT2D eigenvalue weighted by Gasteiger charge is -2.33. The van der Waals surface area contributed by atoms with Crippen LogP contribution < -0.4 is 20.9 Å². The van der Waals surface area contributed by atoms with Gasteiger partial charge in [0.05, 0.1) is 25.3 Å². The van der Waals surface area contributed by atoms with Gasteiger partial charge in [-0.2, -0.15) is 4.98 Å². The van der Waals surface area contributed by atoms with Crippen molar-refractivity contribution in [2.75, 3.05) is 31.8 Å². The number of fused-ring (bicyclic) bond motifs is 3. The van der Waals surface area contributed by atoms with Gasteiger partial charge in [-0.05, 0) is 31.0 Å². The second kappa shape index (κ2) is 8.39. The third-order valence-electron chi connectivity index (χ3n) is 5.55. The summed E-state index contributed by atoms with van der Waals surface area (Å²) in [5, 5.41) is 0.492. The molecular formula is C21H26ClN5O4. The molecule has 1 aliphatic heterocycles. The third kappa shape index (κ3) is 3.61. The molecule has 3 aromatic rings. The minimum atomic E-state index is -0.403. The van der Waals surface area contributed by atoms with Crippen molar-refractivity contribution in [2.45, 2.75) is 26.9 Å². The lowest BCUT2D eigenvalue weighted by molar-refractivity contribution is 0.137. The van der Waals surface area contributed by atoms with Gasteiger partial charge in [0.15, 0.2) is 11.2 Å². The van der Waals surface area contributed by atoms with E-state index in [-0.39, 0.29) is 18.0 Å². The Morgan fingerprint density at radius 2 is 2.03 bits per heavy atom. The smallest absolute Gasteiger partial charge is 0.332 e. The summed E-state index contributed by atoms with van der Waals surface area (Å²) in [5.74, 6) is 1.45. The van der Waals surface area contributed by atoms with Crippen molar-refractivity contribution >= 4 is 34.4 Å². The fourth-order valence-corrected chi connectivity index (χ4v) is 4.30. The number of anilines is 2. The van der Waals surface area contributed by atoms with Gasteiger partial charge < -0.3 is 18.9 Å². The van der Waals surface area contributed by atoms with E-state index in [1.54, 1.807) is 20.2 Å². The molecule has 0 bridgehead atoms. The first kappa shape index (κ1) is 21.5. The number of ether oxygens (including phenoxy) is 2. The van der Waals surface area contributed by atoms with Gasteiger partial charge in [-0.15, -0.1) is 0 Å². The molecule has 0 radical (unpaired) electrons. The first-order chi connectivity index (χ1) is 14.9. The average molecular weight is 448 g/mol. The normalized spacial score (nSPS) is 16.0. The molecule has 0 fully saturated rings. The van der Waals surface area contributed by atoms with Gasteiger partial charge in [0.1, 0.15) is 5.75 Å². The summed E-state index contributed by atoms with van der Waals surface area (Å²) < 4.78 is 15.2. The van der Waals surface area contributed by atoms with Gasteiger partial charge in [0, 0.05) is 32.4 Å². The van der Waals surface area contributed by atoms with Crippen LogP contribution in [0.4, 0.5) is 11.6 Å². The highest BCUT2D eigenvalue weighted by atomic mass is 35.5. The van der Waals surface area contributed by atoms with E-state index in [0.29, 0.717) is 54.2 Å². The van der Waals surface area contributed by atoms with E-state index in [2.05, 4.69) is 6.92 Å². The molecule has 3 heterocycles. The van der Waals surface area contributed by atoms with E-state index in [0.717, 1.165) is 5.69 Å². The quantitative estimate of drug-likeness (QED) is 0.539. The van der Waals surface area contributed by atoms with Crippen LogP contribution >= 0.6 is 11.6 Å². The molecule has 31 heavy (non-hydrogen) atoms. The Hall–Kier alpha value is -2.78. The van der Waals surface area contributed by atoms with Crippen molar-refractivity contribution in [3.05, 3.63) is 44.1 Å². The van der Waals surface area contributed by atoms with E-state index >= 15 is 0 Å². The number of rotatable bonds is 6. The fourth-order valence-electron chi connectivity index (χ4n) is 4.04. The Kier molecular flexibility index (Phi) is 5.81. The first-order valence-corrected chi connectivity index (χ1v) is 10.6. The van der Waals surface area contributed by atoms with Crippen LogP contribution in [-0.4, -0.2) is 45.6 Å². The van der Waals surface area contributed by atoms with Crippen LogP contribution in [0.3, 0.4) is 0 Å². The zero-order valence-corrected chi connectivity index (χ0v) is 18.8. The molecular weight excluding hydrogens is 422 g/mol. The molecule has 0 saturated carbocycles. The number of benzene rings is 1. The molecule has 4 rings (SSSR count). The Labute approximate surface area is 184 Å². The molecule has 0 N–H and O–H groups in total. The molecule has 1 aliphatic rings. The highest BCUT2D eigenvalue weighted by molar-refractivity contribution is 6.32. The van der Waals surface area contributed by atoms with Crippen LogP contribution in [0, 0.1) is 5.92 Å². The molecule has 0 aliphatic carbocycles. The monoisotopic (exact) mass is 447 g/mol. The van der Waals surface area contributed by atoms with Crippen LogP contribution in [0.5, 0.6) is 5.75 Å². The lowest BCUT2D eigenvalue weighted by atomic mass is 10.1. The van der Waals surface area contributed by atoms with E-state index < -0.39 is 5.69 Å². The molecule has 166 valence electrons. The first-order valence-electron chi connectivity index (χ1n) is 10.3. The second-order valence-corrected chi connectivity index (χ2v) is 8.13. The number of hydrogen-bond donors (Lipinski definition) is 0. The largest absolute Gasteiger partial charge is 0.495 e. The molecule has 0 saturated heterocycles. The summed E-state index contributed by atoms with van der Waals surface area (Å²) in [6.07, 6.45) is 0. The summed E-state index contributed by atoms with van der Waals surface area (Å²) >= 11 is 6.35. The zero-order valence-electron chi connectivity index (χ0n) is 18.1. The van der Waals surface area contributed by atoms with E-state index in [4.69, 9.17) is 26.1 Å². The summed E-state index contributed by atoms with van der Waals surface area (Å²) in [7, 11) is 3.21. The second-order valence-electron chi connectivity index (χ2n) is 7.72. The maximum absolute atomic E-state index is 13.3. The van der Waals surface area contributed by atoms with Crippen LogP contribution in [0.25, 0.3) is 11.2 Å². The van der Waals surface area contributed by atoms with Crippen LogP contribution in [0.2, 0.25) is 5.02 Å². The van der Waals surface area contributed by atoms with Crippen LogP contribution in [0.1, 0.15) is 13.8 Å². The molecule has 9 nitrogen and oxygen atoms in total. The van der Waals surface area contributed by atoms with E-state index in [9.17, 15) is 9.59 Å². The van der Waals surface area contributed by atoms with Crippen molar-refractivity contribution in [1.29, 1.82) is 0 Å². The van der Waals surface area contributed by atoms with Gasteiger partial charge >= 0.3 is 5.69 Å².